The first-order chi connectivity index (χ1) is 27.9. The molecular formula is C33H31BrF20O9. The van der Waals surface area contributed by atoms with Crippen LogP contribution in [0.5, 0.6) is 0 Å². The van der Waals surface area contributed by atoms with Crippen molar-refractivity contribution in [3.05, 3.63) is 35.9 Å². The van der Waals surface area contributed by atoms with Gasteiger partial charge in [0.25, 0.3) is 0 Å². The molecule has 364 valence electrons. The fraction of sp³-hybridized carbons (Fsp3) is 0.697. The second kappa shape index (κ2) is 18.5. The zero-order chi connectivity index (χ0) is 50.1. The Kier molecular flexibility index (Phi) is 16.7. The van der Waals surface area contributed by atoms with E-state index < -0.39 is 132 Å². The third-order valence-electron chi connectivity index (χ3n) is 8.62. The number of carbonyl (C=O) groups excluding carboxylic acids is 4. The van der Waals surface area contributed by atoms with Crippen molar-refractivity contribution in [1.29, 1.82) is 0 Å². The van der Waals surface area contributed by atoms with Crippen LogP contribution in [0, 0.1) is 10.8 Å². The lowest BCUT2D eigenvalue weighted by Gasteiger charge is -2.45. The summed E-state index contributed by atoms with van der Waals surface area (Å²) in [6, 6.07) is 7.28. The zero-order valence-electron chi connectivity index (χ0n) is 32.1. The monoisotopic (exact) mass is 1030 g/mol. The minimum absolute atomic E-state index is 0.375. The second-order valence-electron chi connectivity index (χ2n) is 14.2. The number of benzene rings is 1. The van der Waals surface area contributed by atoms with Crippen LogP contribution in [0.3, 0.4) is 0 Å². The normalized spacial score (nSPS) is 15.8. The molecule has 1 aromatic carbocycles. The van der Waals surface area contributed by atoms with E-state index in [1.54, 1.807) is 0 Å². The van der Waals surface area contributed by atoms with Crippen LogP contribution in [0.1, 0.15) is 44.5 Å². The molecule has 0 fully saturated rings. The first-order valence-corrected chi connectivity index (χ1v) is 17.4. The second-order valence-corrected chi connectivity index (χ2v) is 15.3. The molecule has 0 spiro atoms. The molecule has 0 aliphatic heterocycles. The molecule has 1 aromatic rings. The van der Waals surface area contributed by atoms with Crippen LogP contribution in [0.15, 0.2) is 30.3 Å². The topological polar surface area (TPSA) is 114 Å². The molecule has 2 atom stereocenters. The van der Waals surface area contributed by atoms with E-state index in [0.717, 1.165) is 27.7 Å². The van der Waals surface area contributed by atoms with Gasteiger partial charge in [-0.15, -0.1) is 0 Å². The molecule has 0 radical (unpaired) electrons. The SMILES string of the molecule is COC(=O)C(C)(COC(C)=O)COC(=O)OCC(F)(F)C(F)(F)C(F)(F)C(F)(F)C(F)(F)C(F)(F)C(F)(F)C(F)(F)C(F)(F)C(F)(F)COC(=O)C(C)(C)CC(Br)c1ccccc1. The van der Waals surface area contributed by atoms with Crippen LogP contribution >= 0.6 is 15.9 Å². The Morgan fingerprint density at radius 3 is 1.21 bits per heavy atom. The highest BCUT2D eigenvalue weighted by molar-refractivity contribution is 9.09. The summed E-state index contributed by atoms with van der Waals surface area (Å²) in [7, 11) is 0.669. The van der Waals surface area contributed by atoms with Gasteiger partial charge in [-0.3, -0.25) is 14.4 Å². The fourth-order valence-corrected chi connectivity index (χ4v) is 5.68. The predicted molar refractivity (Wildman–Crippen MR) is 171 cm³/mol. The number of ether oxygens (including phenoxy) is 5. The number of alkyl halides is 21. The maximum atomic E-state index is 14.4. The minimum Gasteiger partial charge on any atom is -0.468 e. The maximum Gasteiger partial charge on any atom is 0.508 e. The van der Waals surface area contributed by atoms with E-state index in [9.17, 15) is 107 Å². The highest BCUT2D eigenvalue weighted by Gasteiger charge is 2.97. The molecule has 0 aromatic heterocycles. The minimum atomic E-state index is -9.33. The van der Waals surface area contributed by atoms with Gasteiger partial charge in [0.2, 0.25) is 0 Å². The van der Waals surface area contributed by atoms with Crippen molar-refractivity contribution in [3.63, 3.8) is 0 Å². The lowest BCUT2D eigenvalue weighted by atomic mass is 9.85. The van der Waals surface area contributed by atoms with Gasteiger partial charge in [0.1, 0.15) is 18.6 Å². The van der Waals surface area contributed by atoms with Gasteiger partial charge in [0, 0.05) is 11.8 Å². The van der Waals surface area contributed by atoms with Crippen molar-refractivity contribution in [2.24, 2.45) is 10.8 Å². The van der Waals surface area contributed by atoms with Gasteiger partial charge in [-0.25, -0.2) is 4.79 Å². The van der Waals surface area contributed by atoms with Crippen molar-refractivity contribution in [2.75, 3.05) is 33.5 Å². The lowest BCUT2D eigenvalue weighted by molar-refractivity contribution is -0.469. The van der Waals surface area contributed by atoms with Crippen molar-refractivity contribution in [1.82, 2.24) is 0 Å². The first-order valence-electron chi connectivity index (χ1n) is 16.5. The van der Waals surface area contributed by atoms with E-state index in [2.05, 4.69) is 39.6 Å². The highest BCUT2D eigenvalue weighted by Crippen LogP contribution is 2.66. The van der Waals surface area contributed by atoms with Crippen molar-refractivity contribution in [3.8, 4) is 0 Å². The molecule has 0 saturated carbocycles. The Labute approximate surface area is 349 Å². The molecule has 9 nitrogen and oxygen atoms in total. The van der Waals surface area contributed by atoms with E-state index in [1.165, 1.54) is 30.3 Å². The van der Waals surface area contributed by atoms with Crippen LogP contribution < -0.4 is 0 Å². The molecular weight excluding hydrogens is 1000 g/mol. The summed E-state index contributed by atoms with van der Waals surface area (Å²) in [5, 5.41) is 0. The standard InChI is InChI=1S/C33H31BrF20O9/c1-16(55)60-12-23(4,20(57)59-5)13-62-21(58)63-15-25(37,38)27(41,42)29(45,46)31(49,50)33(53,54)32(51,52)30(47,48)28(43,44)26(39,40)24(35,36)14-61-19(56)22(2,3)11-18(34)17-9-7-6-8-10-17/h6-10,18H,11-15H2,1-5H3. The number of hydrogen-bond donors (Lipinski definition) is 0. The van der Waals surface area contributed by atoms with E-state index in [-0.39, 0.29) is 0 Å². The van der Waals surface area contributed by atoms with Gasteiger partial charge in [-0.1, -0.05) is 46.3 Å². The quantitative estimate of drug-likeness (QED) is 0.0485. The van der Waals surface area contributed by atoms with Gasteiger partial charge in [0.05, 0.1) is 12.5 Å². The number of methoxy groups -OCH3 is 1. The number of carbonyl (C=O) groups is 4. The van der Waals surface area contributed by atoms with E-state index >= 15 is 0 Å². The summed E-state index contributed by atoms with van der Waals surface area (Å²) in [4.78, 5) is 46.1. The van der Waals surface area contributed by atoms with E-state index in [1.807, 2.05) is 0 Å². The van der Waals surface area contributed by atoms with Gasteiger partial charge in [-0.2, -0.15) is 87.8 Å². The Hall–Kier alpha value is -4.02. The van der Waals surface area contributed by atoms with Gasteiger partial charge in [0.15, 0.2) is 13.2 Å². The molecule has 0 aliphatic rings. The molecule has 0 N–H and O–H groups in total. The van der Waals surface area contributed by atoms with Crippen LogP contribution in [0.25, 0.3) is 0 Å². The third kappa shape index (κ3) is 10.4. The molecule has 0 saturated heterocycles. The largest absolute Gasteiger partial charge is 0.508 e. The third-order valence-corrected chi connectivity index (χ3v) is 9.47. The average molecular weight is 1030 g/mol. The molecule has 30 heteroatoms. The number of rotatable bonds is 22. The molecule has 0 aliphatic carbocycles. The van der Waals surface area contributed by atoms with Crippen LogP contribution in [0.2, 0.25) is 0 Å². The molecule has 1 rings (SSSR count). The number of halogens is 21. The smallest absolute Gasteiger partial charge is 0.468 e. The number of hydrogen-bond acceptors (Lipinski definition) is 9. The van der Waals surface area contributed by atoms with Crippen LogP contribution in [-0.4, -0.2) is 117 Å². The fourth-order valence-electron chi connectivity index (χ4n) is 4.56. The Balaban J connectivity index is 3.43. The molecule has 0 heterocycles. The van der Waals surface area contributed by atoms with Gasteiger partial charge < -0.3 is 23.7 Å². The molecule has 0 bridgehead atoms. The highest BCUT2D eigenvalue weighted by atomic mass is 79.9. The average Bonchev–Trinajstić information content (AvgIpc) is 3.16. The Morgan fingerprint density at radius 1 is 0.508 bits per heavy atom. The molecule has 63 heavy (non-hydrogen) atoms. The maximum absolute atomic E-state index is 14.4. The summed E-state index contributed by atoms with van der Waals surface area (Å²) in [6.07, 6.45) is -3.25. The Morgan fingerprint density at radius 2 is 0.841 bits per heavy atom. The summed E-state index contributed by atoms with van der Waals surface area (Å²) in [5.74, 6) is -90.3. The van der Waals surface area contributed by atoms with Crippen molar-refractivity contribution < 1.29 is 131 Å². The lowest BCUT2D eigenvalue weighted by Crippen LogP contribution is -2.77. The first kappa shape index (κ1) is 57.0. The predicted octanol–water partition coefficient (Wildman–Crippen LogP) is 10.3. The van der Waals surface area contributed by atoms with E-state index in [4.69, 9.17) is 0 Å². The van der Waals surface area contributed by atoms with Crippen molar-refractivity contribution in [2.45, 2.75) is 98.2 Å². The summed E-state index contributed by atoms with van der Waals surface area (Å²) < 4.78 is 307. The molecule has 0 amide bonds. The van der Waals surface area contributed by atoms with Crippen LogP contribution in [-0.2, 0) is 38.1 Å². The van der Waals surface area contributed by atoms with Crippen molar-refractivity contribution >= 4 is 40.0 Å². The summed E-state index contributed by atoms with van der Waals surface area (Å²) >= 11 is 3.06. The Bertz CT molecular complexity index is 1790. The van der Waals surface area contributed by atoms with Gasteiger partial charge in [-0.05, 0) is 32.8 Å². The number of esters is 3. The zero-order valence-corrected chi connectivity index (χ0v) is 33.7. The summed E-state index contributed by atoms with van der Waals surface area (Å²) in [6.45, 7) is -6.56. The van der Waals surface area contributed by atoms with E-state index in [0.29, 0.717) is 12.7 Å². The summed E-state index contributed by atoms with van der Waals surface area (Å²) in [5.41, 5.74) is -4.02. The van der Waals surface area contributed by atoms with Crippen LogP contribution in [0.4, 0.5) is 92.6 Å². The van der Waals surface area contributed by atoms with Gasteiger partial charge >= 0.3 is 83.3 Å². The molecule has 2 unspecified atom stereocenters.